The Morgan fingerprint density at radius 1 is 1.18 bits per heavy atom. The molecule has 0 fully saturated rings. The van der Waals surface area contributed by atoms with Crippen molar-refractivity contribution in [3.63, 3.8) is 0 Å². The normalized spacial score (nSPS) is 16.5. The number of nitrogens with one attached hydrogen (secondary N) is 1. The van der Waals surface area contributed by atoms with Crippen molar-refractivity contribution in [2.75, 3.05) is 13.2 Å². The van der Waals surface area contributed by atoms with Gasteiger partial charge in [-0.15, -0.1) is 0 Å². The number of rotatable bonds is 4. The largest absolute Gasteiger partial charge is 0.492 e. The van der Waals surface area contributed by atoms with E-state index in [9.17, 15) is 4.79 Å². The number of aryl methyl sites for hydroxylation is 1. The molecule has 3 nitrogen and oxygen atoms in total. The van der Waals surface area contributed by atoms with Crippen LogP contribution in [0.4, 0.5) is 0 Å². The number of hydrogen-bond donors (Lipinski definition) is 1. The minimum absolute atomic E-state index is 0.0848. The first-order valence-electron chi connectivity index (χ1n) is 7.76. The average molecular weight is 295 g/mol. The third-order valence-corrected chi connectivity index (χ3v) is 4.08. The van der Waals surface area contributed by atoms with E-state index in [0.29, 0.717) is 13.2 Å². The maximum Gasteiger partial charge on any atom is 0.226 e. The number of benzene rings is 2. The van der Waals surface area contributed by atoms with Crippen molar-refractivity contribution in [2.24, 2.45) is 5.92 Å². The molecule has 22 heavy (non-hydrogen) atoms. The molecule has 1 atom stereocenters. The van der Waals surface area contributed by atoms with Gasteiger partial charge >= 0.3 is 0 Å². The molecule has 0 saturated carbocycles. The highest BCUT2D eigenvalue weighted by atomic mass is 16.5. The lowest BCUT2D eigenvalue weighted by Gasteiger charge is -2.24. The molecule has 1 amide bonds. The van der Waals surface area contributed by atoms with E-state index in [-0.39, 0.29) is 11.8 Å². The van der Waals surface area contributed by atoms with Crippen molar-refractivity contribution < 1.29 is 9.53 Å². The van der Waals surface area contributed by atoms with Gasteiger partial charge in [0.1, 0.15) is 12.4 Å². The lowest BCUT2D eigenvalue weighted by molar-refractivity contribution is -0.126. The van der Waals surface area contributed by atoms with E-state index in [0.717, 1.165) is 24.2 Å². The Labute approximate surface area is 131 Å². The molecule has 0 saturated heterocycles. The Bertz CT molecular complexity index is 649. The number of para-hydroxylation sites is 1. The highest BCUT2D eigenvalue weighted by molar-refractivity contribution is 5.79. The molecule has 2 aromatic carbocycles. The number of ether oxygens (including phenoxy) is 1. The maximum atomic E-state index is 12.3. The summed E-state index contributed by atoms with van der Waals surface area (Å²) in [5, 5.41) is 3.03. The summed E-state index contributed by atoms with van der Waals surface area (Å²) < 4.78 is 5.67. The molecule has 1 aliphatic rings. The first kappa shape index (κ1) is 14.6. The van der Waals surface area contributed by atoms with Gasteiger partial charge in [-0.1, -0.05) is 48.0 Å². The van der Waals surface area contributed by atoms with Crippen LogP contribution in [-0.2, 0) is 17.6 Å². The fourth-order valence-electron chi connectivity index (χ4n) is 2.73. The first-order chi connectivity index (χ1) is 10.7. The van der Waals surface area contributed by atoms with Crippen molar-refractivity contribution in [1.82, 2.24) is 5.32 Å². The van der Waals surface area contributed by atoms with E-state index >= 15 is 0 Å². The summed E-state index contributed by atoms with van der Waals surface area (Å²) in [5.41, 5.74) is 3.62. The number of amides is 1. The zero-order chi connectivity index (χ0) is 15.4. The Balaban J connectivity index is 1.50. The molecular formula is C19H21NO2. The summed E-state index contributed by atoms with van der Waals surface area (Å²) in [6, 6.07) is 16.4. The quantitative estimate of drug-likeness (QED) is 0.942. The summed E-state index contributed by atoms with van der Waals surface area (Å²) in [6.45, 7) is 3.21. The van der Waals surface area contributed by atoms with Crippen LogP contribution in [0.15, 0.2) is 48.5 Å². The van der Waals surface area contributed by atoms with E-state index in [4.69, 9.17) is 4.74 Å². The third-order valence-electron chi connectivity index (χ3n) is 4.08. The summed E-state index contributed by atoms with van der Waals surface area (Å²) in [6.07, 6.45) is 1.61. The molecule has 1 heterocycles. The summed E-state index contributed by atoms with van der Waals surface area (Å²) >= 11 is 0. The van der Waals surface area contributed by atoms with Gasteiger partial charge in [0, 0.05) is 6.54 Å². The Morgan fingerprint density at radius 3 is 2.77 bits per heavy atom. The lowest BCUT2D eigenvalue weighted by atomic mass is 9.96. The molecule has 1 aliphatic heterocycles. The fraction of sp³-hybridized carbons (Fsp3) is 0.316. The smallest absolute Gasteiger partial charge is 0.226 e. The second-order valence-electron chi connectivity index (χ2n) is 5.85. The fourth-order valence-corrected chi connectivity index (χ4v) is 2.73. The Hall–Kier alpha value is -2.29. The molecule has 0 spiro atoms. The second kappa shape index (κ2) is 6.65. The molecular weight excluding hydrogens is 274 g/mol. The van der Waals surface area contributed by atoms with Crippen LogP contribution in [0.3, 0.4) is 0 Å². The topological polar surface area (TPSA) is 38.3 Å². The average Bonchev–Trinajstić information content (AvgIpc) is 2.56. The number of carbonyl (C=O) groups is 1. The Morgan fingerprint density at radius 2 is 1.95 bits per heavy atom. The van der Waals surface area contributed by atoms with Crippen LogP contribution in [0.5, 0.6) is 5.75 Å². The summed E-state index contributed by atoms with van der Waals surface area (Å²) in [5.74, 6) is 0.903. The molecule has 0 radical (unpaired) electrons. The zero-order valence-electron chi connectivity index (χ0n) is 12.8. The van der Waals surface area contributed by atoms with E-state index < -0.39 is 0 Å². The minimum Gasteiger partial charge on any atom is -0.492 e. The van der Waals surface area contributed by atoms with Gasteiger partial charge in [0.15, 0.2) is 0 Å². The monoisotopic (exact) mass is 295 g/mol. The van der Waals surface area contributed by atoms with Gasteiger partial charge < -0.3 is 10.1 Å². The van der Waals surface area contributed by atoms with Crippen molar-refractivity contribution in [3.05, 3.63) is 65.2 Å². The van der Waals surface area contributed by atoms with Crippen molar-refractivity contribution in [3.8, 4) is 5.75 Å². The SMILES string of the molecule is Cc1ccc(CCNC(=O)[C@H]2COc3ccccc3C2)cc1. The van der Waals surface area contributed by atoms with Crippen LogP contribution in [0.1, 0.15) is 16.7 Å². The van der Waals surface area contributed by atoms with Crippen LogP contribution in [0, 0.1) is 12.8 Å². The zero-order valence-corrected chi connectivity index (χ0v) is 12.8. The first-order valence-corrected chi connectivity index (χ1v) is 7.76. The van der Waals surface area contributed by atoms with Gasteiger partial charge in [-0.2, -0.15) is 0 Å². The number of hydrogen-bond acceptors (Lipinski definition) is 2. The van der Waals surface area contributed by atoms with Gasteiger partial charge in [-0.05, 0) is 37.0 Å². The molecule has 0 bridgehead atoms. The Kier molecular flexibility index (Phi) is 4.42. The molecule has 1 N–H and O–H groups in total. The summed E-state index contributed by atoms with van der Waals surface area (Å²) in [7, 11) is 0. The predicted octanol–water partition coefficient (Wildman–Crippen LogP) is 2.91. The van der Waals surface area contributed by atoms with Gasteiger partial charge in [0.2, 0.25) is 5.91 Å². The van der Waals surface area contributed by atoms with Crippen LogP contribution in [-0.4, -0.2) is 19.1 Å². The maximum absolute atomic E-state index is 12.3. The number of fused-ring (bicyclic) bond motifs is 1. The standard InChI is InChI=1S/C19H21NO2/c1-14-6-8-15(9-7-14)10-11-20-19(21)17-12-16-4-2-3-5-18(16)22-13-17/h2-9,17H,10-13H2,1H3,(H,20,21)/t17-/m1/s1. The van der Waals surface area contributed by atoms with Crippen LogP contribution < -0.4 is 10.1 Å². The predicted molar refractivity (Wildman–Crippen MR) is 87.0 cm³/mol. The molecule has 3 rings (SSSR count). The molecule has 0 aliphatic carbocycles. The third kappa shape index (κ3) is 3.48. The van der Waals surface area contributed by atoms with Crippen LogP contribution in [0.25, 0.3) is 0 Å². The van der Waals surface area contributed by atoms with Crippen molar-refractivity contribution >= 4 is 5.91 Å². The van der Waals surface area contributed by atoms with E-state index in [2.05, 4.69) is 36.5 Å². The van der Waals surface area contributed by atoms with Gasteiger partial charge in [-0.3, -0.25) is 4.79 Å². The molecule has 0 unspecified atom stereocenters. The lowest BCUT2D eigenvalue weighted by Crippen LogP contribution is -2.38. The molecule has 0 aromatic heterocycles. The molecule has 3 heteroatoms. The minimum atomic E-state index is -0.0899. The van der Waals surface area contributed by atoms with Gasteiger partial charge in [0.05, 0.1) is 5.92 Å². The second-order valence-corrected chi connectivity index (χ2v) is 5.85. The van der Waals surface area contributed by atoms with Crippen molar-refractivity contribution in [2.45, 2.75) is 19.8 Å². The van der Waals surface area contributed by atoms with E-state index in [1.54, 1.807) is 0 Å². The van der Waals surface area contributed by atoms with Gasteiger partial charge in [0.25, 0.3) is 0 Å². The molecule has 114 valence electrons. The summed E-state index contributed by atoms with van der Waals surface area (Å²) in [4.78, 5) is 12.3. The van der Waals surface area contributed by atoms with Crippen LogP contribution in [0.2, 0.25) is 0 Å². The van der Waals surface area contributed by atoms with Crippen molar-refractivity contribution in [1.29, 1.82) is 0 Å². The van der Waals surface area contributed by atoms with Gasteiger partial charge in [-0.25, -0.2) is 0 Å². The highest BCUT2D eigenvalue weighted by Crippen LogP contribution is 2.26. The van der Waals surface area contributed by atoms with Crippen LogP contribution >= 0.6 is 0 Å². The highest BCUT2D eigenvalue weighted by Gasteiger charge is 2.25. The van der Waals surface area contributed by atoms with E-state index in [1.807, 2.05) is 24.3 Å². The molecule has 2 aromatic rings. The number of carbonyl (C=O) groups excluding carboxylic acids is 1. The van der Waals surface area contributed by atoms with E-state index in [1.165, 1.54) is 11.1 Å².